The van der Waals surface area contributed by atoms with Crippen LogP contribution in [0.5, 0.6) is 5.75 Å². The molecule has 2 fully saturated rings. The van der Waals surface area contributed by atoms with Crippen LogP contribution in [0.2, 0.25) is 0 Å². The zero-order chi connectivity index (χ0) is 27.3. The van der Waals surface area contributed by atoms with Crippen LogP contribution >= 0.6 is 0 Å². The van der Waals surface area contributed by atoms with Gasteiger partial charge in [-0.15, -0.1) is 0 Å². The lowest BCUT2D eigenvalue weighted by Gasteiger charge is -2.36. The molecule has 2 N–H and O–H groups in total. The molecule has 3 unspecified atom stereocenters. The summed E-state index contributed by atoms with van der Waals surface area (Å²) in [6.45, 7) is 4.12. The highest BCUT2D eigenvalue weighted by atomic mass is 19.1. The molecule has 3 aromatic carbocycles. The van der Waals surface area contributed by atoms with Crippen molar-refractivity contribution in [1.29, 1.82) is 0 Å². The van der Waals surface area contributed by atoms with Crippen LogP contribution < -0.4 is 10.5 Å². The first-order chi connectivity index (χ1) is 18.8. The molecule has 0 spiro atoms. The Bertz CT molecular complexity index is 1500. The molecular formula is C32H35FN4O2. The van der Waals surface area contributed by atoms with Gasteiger partial charge in [0.2, 0.25) is 5.91 Å². The van der Waals surface area contributed by atoms with Gasteiger partial charge in [-0.05, 0) is 87.2 Å². The highest BCUT2D eigenvalue weighted by Crippen LogP contribution is 2.38. The molecule has 1 amide bonds. The monoisotopic (exact) mass is 526 g/mol. The Balaban J connectivity index is 1.37. The first kappa shape index (κ1) is 25.6. The second-order valence-electron chi connectivity index (χ2n) is 11.4. The van der Waals surface area contributed by atoms with Crippen LogP contribution in [0, 0.1) is 11.7 Å². The van der Waals surface area contributed by atoms with E-state index in [-0.39, 0.29) is 23.9 Å². The van der Waals surface area contributed by atoms with Crippen molar-refractivity contribution in [3.05, 3.63) is 83.7 Å². The number of hydrogen-bond donors (Lipinski definition) is 1. The van der Waals surface area contributed by atoms with E-state index in [0.717, 1.165) is 40.8 Å². The van der Waals surface area contributed by atoms with Crippen LogP contribution in [-0.4, -0.2) is 45.8 Å². The van der Waals surface area contributed by atoms with Gasteiger partial charge in [0, 0.05) is 34.2 Å². The molecule has 2 bridgehead atoms. The Labute approximate surface area is 228 Å². The Morgan fingerprint density at radius 2 is 1.72 bits per heavy atom. The maximum atomic E-state index is 15.0. The average Bonchev–Trinajstić information content (AvgIpc) is 3.36. The van der Waals surface area contributed by atoms with Crippen LogP contribution in [0.4, 0.5) is 4.39 Å². The summed E-state index contributed by atoms with van der Waals surface area (Å²) in [5.41, 5.74) is 9.05. The molecule has 6 nitrogen and oxygen atoms in total. The third-order valence-electron chi connectivity index (χ3n) is 8.60. The molecular weight excluding hydrogens is 491 g/mol. The van der Waals surface area contributed by atoms with Crippen LogP contribution in [0.3, 0.4) is 0 Å². The summed E-state index contributed by atoms with van der Waals surface area (Å²) in [7, 11) is 2.23. The number of ether oxygens (including phenoxy) is 1. The van der Waals surface area contributed by atoms with Crippen molar-refractivity contribution in [3.63, 3.8) is 0 Å². The van der Waals surface area contributed by atoms with Crippen molar-refractivity contribution in [3.8, 4) is 17.0 Å². The SMILES string of the molecule is CC(C)C(c1ccccc1F)n1nc(-c2ccc(OC3CC4CCC(C3)N4C)cc2)c2cc(C(N)=O)ccc21. The van der Waals surface area contributed by atoms with Gasteiger partial charge in [-0.25, -0.2) is 4.39 Å². The van der Waals surface area contributed by atoms with E-state index >= 15 is 0 Å². The second-order valence-corrected chi connectivity index (χ2v) is 11.4. The van der Waals surface area contributed by atoms with E-state index in [4.69, 9.17) is 15.6 Å². The number of benzene rings is 3. The Morgan fingerprint density at radius 3 is 2.36 bits per heavy atom. The number of nitrogens with zero attached hydrogens (tertiary/aromatic N) is 3. The van der Waals surface area contributed by atoms with Crippen LogP contribution in [0.1, 0.15) is 61.5 Å². The normalized spacial score (nSPS) is 21.9. The van der Waals surface area contributed by atoms with Gasteiger partial charge in [-0.1, -0.05) is 32.0 Å². The number of aromatic nitrogens is 2. The molecule has 202 valence electrons. The van der Waals surface area contributed by atoms with Crippen molar-refractivity contribution >= 4 is 16.8 Å². The van der Waals surface area contributed by atoms with Gasteiger partial charge in [0.15, 0.2) is 0 Å². The maximum Gasteiger partial charge on any atom is 0.248 e. The molecule has 3 atom stereocenters. The minimum atomic E-state index is -0.499. The van der Waals surface area contributed by atoms with E-state index in [1.54, 1.807) is 18.2 Å². The first-order valence-electron chi connectivity index (χ1n) is 13.9. The number of hydrogen-bond acceptors (Lipinski definition) is 4. The van der Waals surface area contributed by atoms with Gasteiger partial charge in [0.05, 0.1) is 11.6 Å². The lowest BCUT2D eigenvalue weighted by atomic mass is 9.95. The molecule has 0 saturated carbocycles. The minimum absolute atomic E-state index is 0.0641. The summed E-state index contributed by atoms with van der Waals surface area (Å²) in [6.07, 6.45) is 4.87. The van der Waals surface area contributed by atoms with Gasteiger partial charge >= 0.3 is 0 Å². The zero-order valence-corrected chi connectivity index (χ0v) is 22.7. The molecule has 2 saturated heterocycles. The number of piperidine rings is 1. The van der Waals surface area contributed by atoms with Gasteiger partial charge in [0.25, 0.3) is 0 Å². The molecule has 2 aliphatic heterocycles. The van der Waals surface area contributed by atoms with Crippen molar-refractivity contribution in [2.24, 2.45) is 11.7 Å². The molecule has 4 aromatic rings. The molecule has 2 aliphatic rings. The van der Waals surface area contributed by atoms with Crippen molar-refractivity contribution in [2.75, 3.05) is 7.05 Å². The summed E-state index contributed by atoms with van der Waals surface area (Å²) in [4.78, 5) is 14.5. The average molecular weight is 527 g/mol. The molecule has 3 heterocycles. The Hall–Kier alpha value is -3.71. The minimum Gasteiger partial charge on any atom is -0.490 e. The van der Waals surface area contributed by atoms with Gasteiger partial charge in [-0.3, -0.25) is 9.48 Å². The highest BCUT2D eigenvalue weighted by Gasteiger charge is 2.39. The number of rotatable bonds is 7. The molecule has 0 radical (unpaired) electrons. The van der Waals surface area contributed by atoms with Crippen LogP contribution in [0.15, 0.2) is 66.7 Å². The summed E-state index contributed by atoms with van der Waals surface area (Å²) >= 11 is 0. The number of amides is 1. The van der Waals surface area contributed by atoms with E-state index in [1.807, 2.05) is 47.1 Å². The summed E-state index contributed by atoms with van der Waals surface area (Å²) < 4.78 is 23.3. The molecule has 6 rings (SSSR count). The molecule has 0 aliphatic carbocycles. The van der Waals surface area contributed by atoms with Gasteiger partial charge in [-0.2, -0.15) is 5.10 Å². The predicted octanol–water partition coefficient (Wildman–Crippen LogP) is 6.19. The van der Waals surface area contributed by atoms with E-state index in [9.17, 15) is 9.18 Å². The fourth-order valence-corrected chi connectivity index (χ4v) is 6.55. The molecule has 39 heavy (non-hydrogen) atoms. The summed E-state index contributed by atoms with van der Waals surface area (Å²) in [5.74, 6) is 0.148. The second kappa shape index (κ2) is 10.1. The smallest absolute Gasteiger partial charge is 0.248 e. The molecule has 1 aromatic heterocycles. The lowest BCUT2D eigenvalue weighted by molar-refractivity contribution is 0.0662. The molecule has 7 heteroatoms. The standard InChI is InChI=1S/C32H35FN4O2/c1-19(2)31(26-6-4-5-7-28(26)33)37-29-15-10-21(32(34)38)16-27(29)30(35-37)20-8-13-24(14-9-20)39-25-17-22-11-12-23(18-25)36(22)3/h4-10,13-16,19,22-23,25,31H,11-12,17-18H2,1-3H3,(H2,34,38). The summed E-state index contributed by atoms with van der Waals surface area (Å²) in [5, 5.41) is 5.83. The first-order valence-corrected chi connectivity index (χ1v) is 13.9. The van der Waals surface area contributed by atoms with Crippen LogP contribution in [-0.2, 0) is 0 Å². The number of nitrogens with two attached hydrogens (primary N) is 1. The van der Waals surface area contributed by atoms with Crippen molar-refractivity contribution in [2.45, 2.75) is 63.8 Å². The largest absolute Gasteiger partial charge is 0.490 e. The van der Waals surface area contributed by atoms with E-state index in [2.05, 4.69) is 25.8 Å². The fourth-order valence-electron chi connectivity index (χ4n) is 6.55. The van der Waals surface area contributed by atoms with Crippen LogP contribution in [0.25, 0.3) is 22.2 Å². The number of primary amides is 1. The summed E-state index contributed by atoms with van der Waals surface area (Å²) in [6, 6.07) is 21.1. The Kier molecular flexibility index (Phi) is 6.63. The number of carbonyl (C=O) groups excluding carboxylic acids is 1. The fraction of sp³-hybridized carbons (Fsp3) is 0.375. The number of halogens is 1. The quantitative estimate of drug-likeness (QED) is 0.312. The van der Waals surface area contributed by atoms with Gasteiger partial charge < -0.3 is 15.4 Å². The lowest BCUT2D eigenvalue weighted by Crippen LogP contribution is -2.43. The number of fused-ring (bicyclic) bond motifs is 3. The highest BCUT2D eigenvalue weighted by molar-refractivity contribution is 6.01. The third kappa shape index (κ3) is 4.69. The topological polar surface area (TPSA) is 73.4 Å². The van der Waals surface area contributed by atoms with E-state index in [1.165, 1.54) is 18.9 Å². The van der Waals surface area contributed by atoms with Crippen molar-refractivity contribution < 1.29 is 13.9 Å². The maximum absolute atomic E-state index is 15.0. The van der Waals surface area contributed by atoms with E-state index in [0.29, 0.717) is 23.2 Å². The number of carbonyl (C=O) groups is 1. The Morgan fingerprint density at radius 1 is 1.03 bits per heavy atom. The third-order valence-corrected chi connectivity index (χ3v) is 8.60. The van der Waals surface area contributed by atoms with E-state index < -0.39 is 5.91 Å². The predicted molar refractivity (Wildman–Crippen MR) is 151 cm³/mol. The van der Waals surface area contributed by atoms with Crippen molar-refractivity contribution in [1.82, 2.24) is 14.7 Å². The van der Waals surface area contributed by atoms with Gasteiger partial charge in [0.1, 0.15) is 23.4 Å². The zero-order valence-electron chi connectivity index (χ0n) is 22.7.